The summed E-state index contributed by atoms with van der Waals surface area (Å²) in [6, 6.07) is 15.1. The van der Waals surface area contributed by atoms with E-state index in [1.807, 2.05) is 28.8 Å². The van der Waals surface area contributed by atoms with Gasteiger partial charge in [-0.3, -0.25) is 19.6 Å². The fourth-order valence-electron chi connectivity index (χ4n) is 5.52. The van der Waals surface area contributed by atoms with Crippen molar-refractivity contribution in [1.29, 1.82) is 0 Å². The third-order valence-electron chi connectivity index (χ3n) is 7.69. The number of rotatable bonds is 8. The van der Waals surface area contributed by atoms with E-state index in [-0.39, 0.29) is 5.75 Å². The monoisotopic (exact) mass is 685 g/mol. The van der Waals surface area contributed by atoms with E-state index in [1.165, 1.54) is 30.6 Å². The molecule has 0 N–H and O–H groups in total. The lowest BCUT2D eigenvalue weighted by Gasteiger charge is -2.26. The molecule has 13 heteroatoms. The minimum atomic E-state index is -1.22. The molecule has 0 radical (unpaired) electrons. The molecule has 46 heavy (non-hydrogen) atoms. The first kappa shape index (κ1) is 28.9. The van der Waals surface area contributed by atoms with Gasteiger partial charge >= 0.3 is 0 Å². The maximum absolute atomic E-state index is 11.2. The Morgan fingerprint density at radius 2 is 1.37 bits per heavy atom. The average Bonchev–Trinajstić information content (AvgIpc) is 3.85. The molecular formula is C33H23N3O6S4. The first-order valence-electron chi connectivity index (χ1n) is 14.0. The summed E-state index contributed by atoms with van der Waals surface area (Å²) in [6.07, 6.45) is 7.99. The predicted molar refractivity (Wildman–Crippen MR) is 181 cm³/mol. The van der Waals surface area contributed by atoms with Crippen LogP contribution in [0.4, 0.5) is 0 Å². The zero-order valence-corrected chi connectivity index (χ0v) is 27.6. The van der Waals surface area contributed by atoms with E-state index in [4.69, 9.17) is 23.9 Å². The van der Waals surface area contributed by atoms with Crippen molar-refractivity contribution in [2.75, 3.05) is 25.7 Å². The summed E-state index contributed by atoms with van der Waals surface area (Å²) >= 11 is 5.28. The molecule has 9 nitrogen and oxygen atoms in total. The van der Waals surface area contributed by atoms with Crippen molar-refractivity contribution in [2.45, 2.75) is 9.79 Å². The zero-order chi connectivity index (χ0) is 31.4. The van der Waals surface area contributed by atoms with Crippen LogP contribution in [0.25, 0.3) is 52.7 Å². The van der Waals surface area contributed by atoms with E-state index in [9.17, 15) is 9.59 Å². The van der Waals surface area contributed by atoms with E-state index in [0.29, 0.717) is 54.7 Å². The van der Waals surface area contributed by atoms with Crippen molar-refractivity contribution >= 4 is 57.0 Å². The van der Waals surface area contributed by atoms with Crippen molar-refractivity contribution in [2.24, 2.45) is 0 Å². The van der Waals surface area contributed by atoms with E-state index < -0.39 is 10.0 Å². The topological polar surface area (TPSA) is 110 Å². The van der Waals surface area contributed by atoms with Crippen LogP contribution in [0.5, 0.6) is 23.0 Å². The summed E-state index contributed by atoms with van der Waals surface area (Å²) in [7, 11) is -1.22. The van der Waals surface area contributed by atoms with Gasteiger partial charge in [0.05, 0.1) is 37.4 Å². The minimum absolute atomic E-state index is 0.288. The number of nitrogens with zero attached hydrogens (tertiary/aromatic N) is 3. The SMILES string of the molecule is CS1(C)c2cc(-c3ccnc(-c4cc(OC=O)cc(-c5cc(OC=O)ccn5)n4)c3)sc2-c2sc(-c3scc4c3OCCO4)cc21. The van der Waals surface area contributed by atoms with Crippen LogP contribution in [-0.4, -0.2) is 53.6 Å². The van der Waals surface area contributed by atoms with Crippen LogP contribution < -0.4 is 18.9 Å². The molecule has 8 heterocycles. The Morgan fingerprint density at radius 3 is 2.13 bits per heavy atom. The van der Waals surface area contributed by atoms with Gasteiger partial charge < -0.3 is 18.9 Å². The second-order valence-electron chi connectivity index (χ2n) is 10.7. The van der Waals surface area contributed by atoms with Crippen molar-refractivity contribution in [1.82, 2.24) is 15.0 Å². The van der Waals surface area contributed by atoms with Crippen LogP contribution in [0.2, 0.25) is 0 Å². The second kappa shape index (κ2) is 11.4. The molecule has 0 saturated carbocycles. The van der Waals surface area contributed by atoms with Crippen molar-refractivity contribution in [3.05, 3.63) is 66.3 Å². The van der Waals surface area contributed by atoms with Gasteiger partial charge in [0.2, 0.25) is 0 Å². The molecule has 0 amide bonds. The van der Waals surface area contributed by atoms with Crippen LogP contribution >= 0.6 is 44.0 Å². The van der Waals surface area contributed by atoms with Crippen LogP contribution in [-0.2, 0) is 9.59 Å². The highest BCUT2D eigenvalue weighted by Gasteiger charge is 2.37. The smallest absolute Gasteiger partial charge is 0.298 e. The van der Waals surface area contributed by atoms with Gasteiger partial charge in [-0.25, -0.2) is 4.98 Å². The number of ether oxygens (including phenoxy) is 4. The van der Waals surface area contributed by atoms with Crippen LogP contribution in [0.15, 0.2) is 76.1 Å². The molecular weight excluding hydrogens is 663 g/mol. The molecule has 230 valence electrons. The van der Waals surface area contributed by atoms with Gasteiger partial charge in [0.15, 0.2) is 11.5 Å². The molecule has 2 aliphatic heterocycles. The lowest BCUT2D eigenvalue weighted by Crippen LogP contribution is -2.14. The molecule has 0 aliphatic carbocycles. The highest BCUT2D eigenvalue weighted by Crippen LogP contribution is 2.72. The third kappa shape index (κ3) is 4.87. The summed E-state index contributed by atoms with van der Waals surface area (Å²) in [5.41, 5.74) is 3.01. The summed E-state index contributed by atoms with van der Waals surface area (Å²) in [5.74, 6) is 2.30. The fourth-order valence-corrected chi connectivity index (χ4v) is 12.8. The first-order valence-corrected chi connectivity index (χ1v) is 18.9. The number of thiophene rings is 3. The summed E-state index contributed by atoms with van der Waals surface area (Å²) in [5, 5.41) is 2.04. The maximum Gasteiger partial charge on any atom is 0.298 e. The third-order valence-corrected chi connectivity index (χ3v) is 14.4. The minimum Gasteiger partial charge on any atom is -0.485 e. The normalized spacial score (nSPS) is 14.7. The lowest BCUT2D eigenvalue weighted by atomic mass is 10.1. The number of carbonyl (C=O) groups is 2. The van der Waals surface area contributed by atoms with E-state index in [2.05, 4.69) is 34.6 Å². The molecule has 6 aromatic heterocycles. The van der Waals surface area contributed by atoms with Gasteiger partial charge in [-0.1, -0.05) is 0 Å². The first-order chi connectivity index (χ1) is 22.4. The molecule has 0 spiro atoms. The number of fused-ring (bicyclic) bond motifs is 4. The van der Waals surface area contributed by atoms with E-state index >= 15 is 0 Å². The highest BCUT2D eigenvalue weighted by atomic mass is 32.3. The molecule has 0 unspecified atom stereocenters. The van der Waals surface area contributed by atoms with Gasteiger partial charge in [-0.2, -0.15) is 10.0 Å². The summed E-state index contributed by atoms with van der Waals surface area (Å²) in [4.78, 5) is 44.8. The molecule has 0 bridgehead atoms. The summed E-state index contributed by atoms with van der Waals surface area (Å²) in [6.45, 7) is 1.86. The van der Waals surface area contributed by atoms with Crippen molar-refractivity contribution in [3.8, 4) is 75.7 Å². The van der Waals surface area contributed by atoms with Crippen molar-refractivity contribution in [3.63, 3.8) is 0 Å². The fraction of sp³-hybridized carbons (Fsp3) is 0.121. The van der Waals surface area contributed by atoms with Crippen LogP contribution in [0, 0.1) is 0 Å². The number of carbonyl (C=O) groups excluding carboxylic acids is 2. The van der Waals surface area contributed by atoms with Gasteiger partial charge in [0.1, 0.15) is 24.7 Å². The predicted octanol–water partition coefficient (Wildman–Crippen LogP) is 8.03. The van der Waals surface area contributed by atoms with Gasteiger partial charge in [-0.05, 0) is 48.4 Å². The van der Waals surface area contributed by atoms with Gasteiger partial charge in [0.25, 0.3) is 12.9 Å². The molecule has 0 fully saturated rings. The van der Waals surface area contributed by atoms with Crippen LogP contribution in [0.3, 0.4) is 0 Å². The largest absolute Gasteiger partial charge is 0.485 e. The summed E-state index contributed by atoms with van der Waals surface area (Å²) < 4.78 is 22.0. The van der Waals surface area contributed by atoms with E-state index in [0.717, 1.165) is 26.8 Å². The van der Waals surface area contributed by atoms with Crippen LogP contribution in [0.1, 0.15) is 0 Å². The highest BCUT2D eigenvalue weighted by molar-refractivity contribution is 8.33. The zero-order valence-electron chi connectivity index (χ0n) is 24.3. The molecule has 0 atom stereocenters. The molecule has 0 saturated heterocycles. The Labute approximate surface area is 276 Å². The van der Waals surface area contributed by atoms with Gasteiger partial charge in [-0.15, -0.1) is 34.0 Å². The molecule has 0 aromatic carbocycles. The van der Waals surface area contributed by atoms with E-state index in [1.54, 1.807) is 53.1 Å². The van der Waals surface area contributed by atoms with Gasteiger partial charge in [0, 0.05) is 55.5 Å². The number of hydrogen-bond acceptors (Lipinski definition) is 12. The quantitative estimate of drug-likeness (QED) is 0.147. The Hall–Kier alpha value is -4.56. The average molecular weight is 686 g/mol. The standard InChI is InChI=1S/C33H23N3O6S4/c1-46(2)28-13-26(44-32(28)33-29(46)14-27(45-33)31-30-25(15-43-31)39-7-8-40-30)18-3-5-34-21(9-18)23-11-20(42-17-38)12-24(36-23)22-10-19(41-16-37)4-6-35-22/h3-6,9-17H,7-8H2,1-2H3. The Balaban J connectivity index is 1.16. The Bertz CT molecular complexity index is 2170. The Morgan fingerprint density at radius 1 is 0.739 bits per heavy atom. The molecule has 2 aliphatic rings. The second-order valence-corrected chi connectivity index (χ2v) is 17.2. The number of pyridine rings is 3. The Kier molecular flexibility index (Phi) is 7.13. The van der Waals surface area contributed by atoms with Crippen molar-refractivity contribution < 1.29 is 28.5 Å². The molecule has 8 rings (SSSR count). The lowest BCUT2D eigenvalue weighted by molar-refractivity contribution is -0.121. The molecule has 6 aromatic rings. The number of hydrogen-bond donors (Lipinski definition) is 0. The number of aromatic nitrogens is 3. The maximum atomic E-state index is 11.2.